The molecular weight excluding hydrogens is 253 g/mol. The summed E-state index contributed by atoms with van der Waals surface area (Å²) in [6.45, 7) is 10.5. The molecule has 3 nitrogen and oxygen atoms in total. The number of unbranched alkanes of at least 4 members (excludes halogenated alkanes) is 3. The zero-order valence-electron chi connectivity index (χ0n) is 14.2. The first-order valence-corrected chi connectivity index (χ1v) is 9.21. The predicted molar refractivity (Wildman–Crippen MR) is 89.5 cm³/mol. The molecule has 0 atom stereocenters. The first-order valence-electron chi connectivity index (χ1n) is 8.01. The van der Waals surface area contributed by atoms with Crippen molar-refractivity contribution in [1.82, 2.24) is 14.0 Å². The summed E-state index contributed by atoms with van der Waals surface area (Å²) in [7, 11) is 6.61. The number of hydrogen-bond acceptors (Lipinski definition) is 3. The molecule has 0 aromatic rings. The first-order chi connectivity index (χ1) is 9.08. The summed E-state index contributed by atoms with van der Waals surface area (Å²) in [5, 5.41) is 0. The topological polar surface area (TPSA) is 9.72 Å². The minimum Gasteiger partial charge on any atom is -0.260 e. The van der Waals surface area contributed by atoms with Crippen molar-refractivity contribution in [1.29, 1.82) is 0 Å². The molecule has 0 aliphatic heterocycles. The van der Waals surface area contributed by atoms with Crippen molar-refractivity contribution in [2.75, 3.05) is 40.8 Å². The Labute approximate surface area is 123 Å². The van der Waals surface area contributed by atoms with Gasteiger partial charge in [-0.25, -0.2) is 0 Å². The van der Waals surface area contributed by atoms with Crippen LogP contribution in [0.3, 0.4) is 0 Å². The van der Waals surface area contributed by atoms with E-state index in [1.807, 2.05) is 0 Å². The summed E-state index contributed by atoms with van der Waals surface area (Å²) >= 11 is 0. The molecule has 0 unspecified atom stereocenters. The van der Waals surface area contributed by atoms with Gasteiger partial charge in [-0.05, 0) is 40.4 Å². The Morgan fingerprint density at radius 2 is 0.842 bits per heavy atom. The first kappa shape index (κ1) is 19.3. The zero-order chi connectivity index (χ0) is 14.7. The molecule has 0 fully saturated rings. The molecule has 0 aromatic carbocycles. The maximum atomic E-state index is 2.57. The smallest absolute Gasteiger partial charge is 0.119 e. The van der Waals surface area contributed by atoms with Gasteiger partial charge in [0.25, 0.3) is 0 Å². The van der Waals surface area contributed by atoms with Crippen molar-refractivity contribution in [3.63, 3.8) is 0 Å². The van der Waals surface area contributed by atoms with Gasteiger partial charge in [-0.3, -0.25) is 14.0 Å². The number of nitrogens with zero attached hydrogens (tertiary/aromatic N) is 3. The highest BCUT2D eigenvalue weighted by atomic mass is 31.2. The van der Waals surface area contributed by atoms with E-state index in [-0.39, 0.29) is 8.37 Å². The average molecular weight is 289 g/mol. The van der Waals surface area contributed by atoms with Gasteiger partial charge in [0.05, 0.1) is 0 Å². The summed E-state index contributed by atoms with van der Waals surface area (Å²) in [6.07, 6.45) is 7.76. The van der Waals surface area contributed by atoms with E-state index in [1.54, 1.807) is 0 Å². The summed E-state index contributed by atoms with van der Waals surface area (Å²) in [4.78, 5) is 0. The molecule has 19 heavy (non-hydrogen) atoms. The zero-order valence-corrected chi connectivity index (χ0v) is 15.0. The SMILES string of the molecule is CCCCN(C)P(N(C)CCCC)N(C)CCCC. The third-order valence-corrected chi connectivity index (χ3v) is 5.85. The molecule has 0 aliphatic rings. The van der Waals surface area contributed by atoms with Gasteiger partial charge in [0, 0.05) is 19.6 Å². The average Bonchev–Trinajstić information content (AvgIpc) is 2.40. The van der Waals surface area contributed by atoms with Gasteiger partial charge in [0.2, 0.25) is 0 Å². The molecule has 0 saturated carbocycles. The molecule has 4 heteroatoms. The monoisotopic (exact) mass is 289 g/mol. The summed E-state index contributed by atoms with van der Waals surface area (Å²) < 4.78 is 7.72. The Morgan fingerprint density at radius 1 is 0.579 bits per heavy atom. The standard InChI is InChI=1S/C15H36N3P/c1-7-10-13-16(4)19(17(5)14-11-8-2)18(6)15-12-9-3/h7-15H2,1-6H3. The van der Waals surface area contributed by atoms with E-state index in [0.717, 1.165) is 0 Å². The van der Waals surface area contributed by atoms with Crippen LogP contribution in [-0.2, 0) is 0 Å². The van der Waals surface area contributed by atoms with E-state index < -0.39 is 0 Å². The summed E-state index contributed by atoms with van der Waals surface area (Å²) in [5.41, 5.74) is 0. The molecule has 0 rings (SSSR count). The van der Waals surface area contributed by atoms with Crippen LogP contribution in [0, 0.1) is 0 Å². The van der Waals surface area contributed by atoms with Crippen molar-refractivity contribution >= 4 is 8.37 Å². The minimum absolute atomic E-state index is 0.279. The van der Waals surface area contributed by atoms with E-state index in [4.69, 9.17) is 0 Å². The van der Waals surface area contributed by atoms with Crippen molar-refractivity contribution in [2.24, 2.45) is 0 Å². The third-order valence-electron chi connectivity index (χ3n) is 3.42. The molecule has 0 spiro atoms. The van der Waals surface area contributed by atoms with Crippen LogP contribution in [0.5, 0.6) is 0 Å². The Kier molecular flexibility index (Phi) is 12.3. The third kappa shape index (κ3) is 8.24. The highest BCUT2D eigenvalue weighted by Crippen LogP contribution is 2.45. The van der Waals surface area contributed by atoms with Crippen LogP contribution in [0.4, 0.5) is 0 Å². The number of hydrogen-bond donors (Lipinski definition) is 0. The largest absolute Gasteiger partial charge is 0.260 e. The van der Waals surface area contributed by atoms with Gasteiger partial charge in [0.15, 0.2) is 0 Å². The van der Waals surface area contributed by atoms with Crippen LogP contribution in [-0.4, -0.2) is 54.8 Å². The molecule has 0 radical (unpaired) electrons. The molecule has 116 valence electrons. The van der Waals surface area contributed by atoms with Crippen molar-refractivity contribution in [3.8, 4) is 0 Å². The van der Waals surface area contributed by atoms with Crippen molar-refractivity contribution < 1.29 is 0 Å². The Morgan fingerprint density at radius 3 is 1.05 bits per heavy atom. The molecule has 0 N–H and O–H groups in total. The second kappa shape index (κ2) is 12.1. The molecule has 0 bridgehead atoms. The summed E-state index contributed by atoms with van der Waals surface area (Å²) in [5.74, 6) is 0. The fourth-order valence-electron chi connectivity index (χ4n) is 2.21. The van der Waals surface area contributed by atoms with E-state index in [9.17, 15) is 0 Å². The molecule has 0 heterocycles. The minimum atomic E-state index is -0.279. The lowest BCUT2D eigenvalue weighted by atomic mass is 10.3. The van der Waals surface area contributed by atoms with Crippen LogP contribution < -0.4 is 0 Å². The normalized spacial score (nSPS) is 12.3. The van der Waals surface area contributed by atoms with Gasteiger partial charge in [-0.1, -0.05) is 40.0 Å². The number of rotatable bonds is 12. The fourth-order valence-corrected chi connectivity index (χ4v) is 4.74. The van der Waals surface area contributed by atoms with Gasteiger partial charge >= 0.3 is 0 Å². The fraction of sp³-hybridized carbons (Fsp3) is 1.00. The Hall–Kier alpha value is 0.310. The highest BCUT2D eigenvalue weighted by molar-refractivity contribution is 7.50. The Balaban J connectivity index is 4.50. The van der Waals surface area contributed by atoms with Crippen LogP contribution in [0.1, 0.15) is 59.3 Å². The van der Waals surface area contributed by atoms with Crippen LogP contribution >= 0.6 is 8.37 Å². The Bertz CT molecular complexity index is 169. The van der Waals surface area contributed by atoms with Crippen molar-refractivity contribution in [3.05, 3.63) is 0 Å². The highest BCUT2D eigenvalue weighted by Gasteiger charge is 2.23. The molecule has 0 aromatic heterocycles. The van der Waals surface area contributed by atoms with Gasteiger partial charge in [-0.15, -0.1) is 0 Å². The van der Waals surface area contributed by atoms with Gasteiger partial charge < -0.3 is 0 Å². The molecular formula is C15H36N3P. The summed E-state index contributed by atoms with van der Waals surface area (Å²) in [6, 6.07) is 0. The van der Waals surface area contributed by atoms with Crippen LogP contribution in [0.25, 0.3) is 0 Å². The molecule has 0 saturated heterocycles. The van der Waals surface area contributed by atoms with E-state index in [0.29, 0.717) is 0 Å². The second-order valence-corrected chi connectivity index (χ2v) is 8.06. The van der Waals surface area contributed by atoms with E-state index >= 15 is 0 Å². The van der Waals surface area contributed by atoms with Gasteiger partial charge in [-0.2, -0.15) is 0 Å². The lowest BCUT2D eigenvalue weighted by Crippen LogP contribution is -2.34. The van der Waals surface area contributed by atoms with E-state index in [1.165, 1.54) is 58.2 Å². The quantitative estimate of drug-likeness (QED) is 0.493. The molecule has 0 amide bonds. The van der Waals surface area contributed by atoms with Gasteiger partial charge in [0.1, 0.15) is 8.37 Å². The van der Waals surface area contributed by atoms with Crippen LogP contribution in [0.2, 0.25) is 0 Å². The van der Waals surface area contributed by atoms with E-state index in [2.05, 4.69) is 55.9 Å². The second-order valence-electron chi connectivity index (χ2n) is 5.47. The lowest BCUT2D eigenvalue weighted by molar-refractivity contribution is 0.379. The predicted octanol–water partition coefficient (Wildman–Crippen LogP) is 4.41. The maximum absolute atomic E-state index is 2.57. The van der Waals surface area contributed by atoms with Crippen LogP contribution in [0.15, 0.2) is 0 Å². The molecule has 0 aliphatic carbocycles. The maximum Gasteiger partial charge on any atom is 0.119 e. The van der Waals surface area contributed by atoms with Crippen molar-refractivity contribution in [2.45, 2.75) is 59.3 Å². The lowest BCUT2D eigenvalue weighted by Gasteiger charge is -2.40.